The van der Waals surface area contributed by atoms with E-state index in [1.807, 2.05) is 14.0 Å². The molecular formula is C22H35N3O4S. The van der Waals surface area contributed by atoms with Gasteiger partial charge >= 0.3 is 0 Å². The maximum Gasteiger partial charge on any atom is 0.225 e. The highest BCUT2D eigenvalue weighted by atomic mass is 32.2. The van der Waals surface area contributed by atoms with Crippen LogP contribution in [0.15, 0.2) is 24.3 Å². The molecule has 2 aliphatic heterocycles. The first kappa shape index (κ1) is 23.0. The number of sulfonamides is 1. The molecule has 30 heavy (non-hydrogen) atoms. The molecule has 3 rings (SSSR count). The third kappa shape index (κ3) is 5.95. The molecule has 1 aromatic rings. The van der Waals surface area contributed by atoms with E-state index in [1.54, 1.807) is 9.21 Å². The number of hydrogen-bond donors (Lipinski definition) is 0. The molecule has 0 N–H and O–H groups in total. The SMILES string of the molecule is CCCCS(=O)(=O)N1CCC(C(=O)N(C)Cc2ccc(N3CCOCC3)cc2)CC1. The van der Waals surface area contributed by atoms with Gasteiger partial charge < -0.3 is 14.5 Å². The minimum atomic E-state index is -3.18. The molecule has 7 nitrogen and oxygen atoms in total. The van der Waals surface area contributed by atoms with Crippen LogP contribution in [0.3, 0.4) is 0 Å². The first-order valence-electron chi connectivity index (χ1n) is 11.0. The minimum Gasteiger partial charge on any atom is -0.378 e. The Morgan fingerprint density at radius 1 is 1.10 bits per heavy atom. The molecule has 0 atom stereocenters. The van der Waals surface area contributed by atoms with E-state index in [0.717, 1.165) is 38.3 Å². The van der Waals surface area contributed by atoms with Gasteiger partial charge in [0.1, 0.15) is 0 Å². The molecular weight excluding hydrogens is 402 g/mol. The van der Waals surface area contributed by atoms with Crippen LogP contribution in [0.5, 0.6) is 0 Å². The summed E-state index contributed by atoms with van der Waals surface area (Å²) >= 11 is 0. The fraction of sp³-hybridized carbons (Fsp3) is 0.682. The molecule has 0 unspecified atom stereocenters. The molecule has 0 saturated carbocycles. The predicted molar refractivity (Wildman–Crippen MR) is 119 cm³/mol. The van der Waals surface area contributed by atoms with E-state index >= 15 is 0 Å². The molecule has 2 aliphatic rings. The van der Waals surface area contributed by atoms with Gasteiger partial charge in [0.2, 0.25) is 15.9 Å². The van der Waals surface area contributed by atoms with Crippen LogP contribution in [0, 0.1) is 5.92 Å². The zero-order chi connectivity index (χ0) is 21.6. The van der Waals surface area contributed by atoms with Crippen molar-refractivity contribution in [2.24, 2.45) is 5.92 Å². The molecule has 1 aromatic carbocycles. The van der Waals surface area contributed by atoms with Crippen LogP contribution in [-0.4, -0.2) is 75.7 Å². The molecule has 2 saturated heterocycles. The largest absolute Gasteiger partial charge is 0.378 e. The van der Waals surface area contributed by atoms with Gasteiger partial charge in [-0.3, -0.25) is 4.79 Å². The maximum absolute atomic E-state index is 12.9. The van der Waals surface area contributed by atoms with Crippen molar-refractivity contribution in [1.29, 1.82) is 0 Å². The van der Waals surface area contributed by atoms with Crippen LogP contribution in [0.4, 0.5) is 5.69 Å². The van der Waals surface area contributed by atoms with E-state index in [2.05, 4.69) is 29.2 Å². The lowest BCUT2D eigenvalue weighted by molar-refractivity contribution is -0.135. The van der Waals surface area contributed by atoms with E-state index < -0.39 is 10.0 Å². The Kier molecular flexibility index (Phi) is 8.13. The van der Waals surface area contributed by atoms with E-state index in [0.29, 0.717) is 38.9 Å². The van der Waals surface area contributed by atoms with Crippen molar-refractivity contribution in [1.82, 2.24) is 9.21 Å². The summed E-state index contributed by atoms with van der Waals surface area (Å²) in [5, 5.41) is 0. The molecule has 0 spiro atoms. The van der Waals surface area contributed by atoms with Gasteiger partial charge in [-0.15, -0.1) is 0 Å². The number of benzene rings is 1. The summed E-state index contributed by atoms with van der Waals surface area (Å²) in [4.78, 5) is 17.0. The Bertz CT molecular complexity index is 783. The molecule has 0 aliphatic carbocycles. The Balaban J connectivity index is 1.49. The molecule has 0 radical (unpaired) electrons. The third-order valence-electron chi connectivity index (χ3n) is 6.06. The average Bonchev–Trinajstić information content (AvgIpc) is 2.78. The van der Waals surface area contributed by atoms with Crippen molar-refractivity contribution in [3.63, 3.8) is 0 Å². The van der Waals surface area contributed by atoms with Gasteiger partial charge in [-0.05, 0) is 37.0 Å². The Hall–Kier alpha value is -1.64. The van der Waals surface area contributed by atoms with Crippen LogP contribution in [0.1, 0.15) is 38.2 Å². The summed E-state index contributed by atoms with van der Waals surface area (Å²) in [6, 6.07) is 8.38. The molecule has 2 fully saturated rings. The quantitative estimate of drug-likeness (QED) is 0.624. The van der Waals surface area contributed by atoms with E-state index in [4.69, 9.17) is 4.74 Å². The summed E-state index contributed by atoms with van der Waals surface area (Å²) in [6.45, 7) is 6.80. The molecule has 168 valence electrons. The highest BCUT2D eigenvalue weighted by Crippen LogP contribution is 2.23. The van der Waals surface area contributed by atoms with E-state index in [-0.39, 0.29) is 17.6 Å². The first-order valence-corrected chi connectivity index (χ1v) is 12.7. The number of anilines is 1. The number of ether oxygens (including phenoxy) is 1. The fourth-order valence-electron chi connectivity index (χ4n) is 4.13. The van der Waals surface area contributed by atoms with E-state index in [1.165, 1.54) is 5.69 Å². The number of piperidine rings is 1. The number of carbonyl (C=O) groups is 1. The standard InChI is InChI=1S/C22H35N3O4S/c1-3-4-17-30(27,28)25-11-9-20(10-12-25)22(26)23(2)18-19-5-7-21(8-6-19)24-13-15-29-16-14-24/h5-8,20H,3-4,9-18H2,1-2H3. The lowest BCUT2D eigenvalue weighted by Gasteiger charge is -2.32. The lowest BCUT2D eigenvalue weighted by Crippen LogP contribution is -2.44. The number of morpholine rings is 1. The number of amides is 1. The van der Waals surface area contributed by atoms with Gasteiger partial charge in [0.25, 0.3) is 0 Å². The highest BCUT2D eigenvalue weighted by Gasteiger charge is 2.32. The van der Waals surface area contributed by atoms with Gasteiger partial charge in [-0.2, -0.15) is 0 Å². The monoisotopic (exact) mass is 437 g/mol. The van der Waals surface area contributed by atoms with Gasteiger partial charge in [0.05, 0.1) is 19.0 Å². The van der Waals surface area contributed by atoms with Crippen LogP contribution in [0.25, 0.3) is 0 Å². The number of nitrogens with zero attached hydrogens (tertiary/aromatic N) is 3. The van der Waals surface area contributed by atoms with Crippen molar-refractivity contribution in [3.05, 3.63) is 29.8 Å². The molecule has 0 bridgehead atoms. The average molecular weight is 438 g/mol. The number of rotatable bonds is 8. The highest BCUT2D eigenvalue weighted by molar-refractivity contribution is 7.89. The summed E-state index contributed by atoms with van der Waals surface area (Å²) in [7, 11) is -1.34. The summed E-state index contributed by atoms with van der Waals surface area (Å²) in [5.74, 6) is 0.223. The molecule has 0 aromatic heterocycles. The van der Waals surface area contributed by atoms with Gasteiger partial charge in [-0.1, -0.05) is 25.5 Å². The second-order valence-electron chi connectivity index (χ2n) is 8.30. The Labute approximate surface area is 181 Å². The Morgan fingerprint density at radius 2 is 1.73 bits per heavy atom. The van der Waals surface area contributed by atoms with Gasteiger partial charge in [0, 0.05) is 51.4 Å². The normalized spacial score (nSPS) is 19.1. The summed E-state index contributed by atoms with van der Waals surface area (Å²) < 4.78 is 31.7. The van der Waals surface area contributed by atoms with Crippen LogP contribution in [-0.2, 0) is 26.1 Å². The topological polar surface area (TPSA) is 70.2 Å². The smallest absolute Gasteiger partial charge is 0.225 e. The maximum atomic E-state index is 12.9. The van der Waals surface area contributed by atoms with E-state index in [9.17, 15) is 13.2 Å². The van der Waals surface area contributed by atoms with Crippen LogP contribution >= 0.6 is 0 Å². The zero-order valence-corrected chi connectivity index (χ0v) is 19.1. The predicted octanol–water partition coefficient (Wildman–Crippen LogP) is 2.32. The molecule has 2 heterocycles. The Morgan fingerprint density at radius 3 is 2.33 bits per heavy atom. The van der Waals surface area contributed by atoms with Crippen molar-refractivity contribution in [2.75, 3.05) is 57.1 Å². The summed E-state index contributed by atoms with van der Waals surface area (Å²) in [6.07, 6.45) is 2.76. The molecule has 1 amide bonds. The van der Waals surface area contributed by atoms with Crippen LogP contribution < -0.4 is 4.90 Å². The van der Waals surface area contributed by atoms with Gasteiger partial charge in [-0.25, -0.2) is 12.7 Å². The summed E-state index contributed by atoms with van der Waals surface area (Å²) in [5.41, 5.74) is 2.29. The fourth-order valence-corrected chi connectivity index (χ4v) is 5.81. The lowest BCUT2D eigenvalue weighted by atomic mass is 9.96. The molecule has 8 heteroatoms. The first-order chi connectivity index (χ1) is 14.4. The van der Waals surface area contributed by atoms with Crippen LogP contribution in [0.2, 0.25) is 0 Å². The number of hydrogen-bond acceptors (Lipinski definition) is 5. The number of unbranched alkanes of at least 4 members (excludes halogenated alkanes) is 1. The second-order valence-corrected chi connectivity index (χ2v) is 10.4. The zero-order valence-electron chi connectivity index (χ0n) is 18.3. The van der Waals surface area contributed by atoms with Gasteiger partial charge in [0.15, 0.2) is 0 Å². The second kappa shape index (κ2) is 10.6. The minimum absolute atomic E-state index is 0.0970. The van der Waals surface area contributed by atoms with Crippen molar-refractivity contribution in [3.8, 4) is 0 Å². The van der Waals surface area contributed by atoms with Crippen molar-refractivity contribution >= 4 is 21.6 Å². The number of carbonyl (C=O) groups excluding carboxylic acids is 1. The third-order valence-corrected chi connectivity index (χ3v) is 8.02. The van der Waals surface area contributed by atoms with Crippen molar-refractivity contribution in [2.45, 2.75) is 39.2 Å². The van der Waals surface area contributed by atoms with Crippen molar-refractivity contribution < 1.29 is 17.9 Å².